The first-order valence-electron chi connectivity index (χ1n) is 6.34. The lowest BCUT2D eigenvalue weighted by atomic mass is 10.4. The van der Waals surface area contributed by atoms with E-state index >= 15 is 0 Å². The maximum Gasteiger partial charge on any atom is 0.0964 e. The lowest BCUT2D eigenvalue weighted by Gasteiger charge is -2.17. The van der Waals surface area contributed by atoms with Crippen molar-refractivity contribution < 1.29 is 0 Å². The third-order valence-electron chi connectivity index (χ3n) is 2.56. The minimum absolute atomic E-state index is 0.777. The molecule has 100 valence electrons. The molecule has 1 N–H and O–H groups in total. The van der Waals surface area contributed by atoms with Crippen molar-refractivity contribution in [3.8, 4) is 0 Å². The van der Waals surface area contributed by atoms with Gasteiger partial charge in [-0.05, 0) is 6.54 Å². The van der Waals surface area contributed by atoms with E-state index in [1.54, 1.807) is 0 Å². The molecule has 5 nitrogen and oxygen atoms in total. The van der Waals surface area contributed by atoms with Crippen molar-refractivity contribution in [3.63, 3.8) is 0 Å². The van der Waals surface area contributed by atoms with E-state index < -0.39 is 0 Å². The lowest BCUT2D eigenvalue weighted by molar-refractivity contribution is 0.311. The fourth-order valence-corrected chi connectivity index (χ4v) is 1.65. The van der Waals surface area contributed by atoms with Crippen LogP contribution in [0.3, 0.4) is 0 Å². The average Bonchev–Trinajstić information content (AvgIpc) is 2.82. The molecule has 0 aliphatic carbocycles. The van der Waals surface area contributed by atoms with Crippen molar-refractivity contribution in [3.05, 3.63) is 37.2 Å². The van der Waals surface area contributed by atoms with Crippen LogP contribution >= 0.6 is 0 Å². The van der Waals surface area contributed by atoms with Crippen LogP contribution in [0, 0.1) is 0 Å². The smallest absolute Gasteiger partial charge is 0.0964 e. The Bertz CT molecular complexity index is 348. The first-order valence-corrected chi connectivity index (χ1v) is 6.34. The molecule has 1 rings (SSSR count). The summed E-state index contributed by atoms with van der Waals surface area (Å²) in [4.78, 5) is 2.26. The van der Waals surface area contributed by atoms with Crippen molar-refractivity contribution in [1.29, 1.82) is 0 Å². The van der Waals surface area contributed by atoms with Crippen LogP contribution in [0.25, 0.3) is 0 Å². The maximum atomic E-state index is 4.12. The molecule has 1 aromatic heterocycles. The number of nitrogens with zero attached hydrogens (tertiary/aromatic N) is 4. The van der Waals surface area contributed by atoms with E-state index in [1.165, 1.54) is 0 Å². The minimum atomic E-state index is 0.777. The van der Waals surface area contributed by atoms with E-state index in [0.717, 1.165) is 45.0 Å². The second kappa shape index (κ2) is 8.60. The number of aromatic nitrogens is 3. The van der Waals surface area contributed by atoms with Gasteiger partial charge >= 0.3 is 0 Å². The quantitative estimate of drug-likeness (QED) is 0.630. The van der Waals surface area contributed by atoms with E-state index in [-0.39, 0.29) is 0 Å². The molecule has 0 unspecified atom stereocenters. The van der Waals surface area contributed by atoms with Crippen LogP contribution in [0.15, 0.2) is 31.5 Å². The molecule has 1 aromatic rings. The van der Waals surface area contributed by atoms with E-state index in [0.29, 0.717) is 0 Å². The summed E-state index contributed by atoms with van der Waals surface area (Å²) in [7, 11) is 0. The molecule has 18 heavy (non-hydrogen) atoms. The lowest BCUT2D eigenvalue weighted by Crippen LogP contribution is -2.28. The van der Waals surface area contributed by atoms with Gasteiger partial charge in [0.15, 0.2) is 0 Å². The van der Waals surface area contributed by atoms with Crippen molar-refractivity contribution in [1.82, 2.24) is 25.2 Å². The largest absolute Gasteiger partial charge is 0.311 e. The third kappa shape index (κ3) is 5.25. The van der Waals surface area contributed by atoms with Crippen molar-refractivity contribution in [2.45, 2.75) is 20.0 Å². The molecule has 1 heterocycles. The summed E-state index contributed by atoms with van der Waals surface area (Å²) in [6.45, 7) is 14.8. The Kier molecular flexibility index (Phi) is 6.98. The van der Waals surface area contributed by atoms with Crippen molar-refractivity contribution in [2.24, 2.45) is 0 Å². The Hall–Kier alpha value is -1.46. The van der Waals surface area contributed by atoms with Gasteiger partial charge in [0.2, 0.25) is 0 Å². The van der Waals surface area contributed by atoms with E-state index in [4.69, 9.17) is 0 Å². The van der Waals surface area contributed by atoms with Crippen molar-refractivity contribution >= 4 is 0 Å². The molecule has 5 heteroatoms. The van der Waals surface area contributed by atoms with Crippen LogP contribution in [0.5, 0.6) is 0 Å². The zero-order valence-electron chi connectivity index (χ0n) is 11.2. The summed E-state index contributed by atoms with van der Waals surface area (Å²) in [6.07, 6.45) is 5.80. The van der Waals surface area contributed by atoms with Gasteiger partial charge in [0.25, 0.3) is 0 Å². The topological polar surface area (TPSA) is 46.0 Å². The third-order valence-corrected chi connectivity index (χ3v) is 2.56. The van der Waals surface area contributed by atoms with Gasteiger partial charge in [-0.1, -0.05) is 24.3 Å². The van der Waals surface area contributed by atoms with Crippen LogP contribution in [0.4, 0.5) is 0 Å². The van der Waals surface area contributed by atoms with Crippen LogP contribution in [-0.4, -0.2) is 46.1 Å². The van der Waals surface area contributed by atoms with E-state index in [2.05, 4.69) is 40.6 Å². The summed E-state index contributed by atoms with van der Waals surface area (Å²) >= 11 is 0. The van der Waals surface area contributed by atoms with Gasteiger partial charge in [0, 0.05) is 32.4 Å². The second-order valence-corrected chi connectivity index (χ2v) is 4.09. The predicted molar refractivity (Wildman–Crippen MR) is 74.2 cm³/mol. The molecule has 0 spiro atoms. The van der Waals surface area contributed by atoms with Crippen LogP contribution in [0.1, 0.15) is 12.6 Å². The normalized spacial score (nSPS) is 10.8. The Morgan fingerprint density at radius 1 is 1.39 bits per heavy atom. The summed E-state index contributed by atoms with van der Waals surface area (Å²) in [5.41, 5.74) is 0.982. The van der Waals surface area contributed by atoms with Crippen molar-refractivity contribution in [2.75, 3.05) is 26.2 Å². The molecular weight excluding hydrogens is 226 g/mol. The van der Waals surface area contributed by atoms with Gasteiger partial charge in [-0.3, -0.25) is 9.58 Å². The van der Waals surface area contributed by atoms with Crippen LogP contribution in [-0.2, 0) is 13.1 Å². The highest BCUT2D eigenvalue weighted by atomic mass is 15.4. The first-order chi connectivity index (χ1) is 8.80. The number of hydrogen-bond acceptors (Lipinski definition) is 4. The van der Waals surface area contributed by atoms with Gasteiger partial charge in [-0.2, -0.15) is 0 Å². The molecule has 0 saturated heterocycles. The maximum absolute atomic E-state index is 4.12. The van der Waals surface area contributed by atoms with E-state index in [1.807, 2.05) is 23.0 Å². The average molecular weight is 249 g/mol. The number of rotatable bonds is 10. The van der Waals surface area contributed by atoms with Gasteiger partial charge in [-0.15, -0.1) is 18.3 Å². The minimum Gasteiger partial charge on any atom is -0.311 e. The van der Waals surface area contributed by atoms with Gasteiger partial charge in [0.1, 0.15) is 0 Å². The Morgan fingerprint density at radius 2 is 2.11 bits per heavy atom. The monoisotopic (exact) mass is 249 g/mol. The Balaban J connectivity index is 2.38. The molecular formula is C13H23N5. The molecule has 0 aliphatic rings. The first kappa shape index (κ1) is 14.6. The molecule has 0 bridgehead atoms. The standard InChI is InChI=1S/C13H23N5/c1-4-7-17(8-5-2)9-10-18-12-13(15-16-18)11-14-6-3/h4-5,12,14H,1-2,6-11H2,3H3. The zero-order chi connectivity index (χ0) is 13.2. The Labute approximate surface area is 109 Å². The summed E-state index contributed by atoms with van der Waals surface area (Å²) in [6, 6.07) is 0. The highest BCUT2D eigenvalue weighted by Crippen LogP contribution is 1.95. The van der Waals surface area contributed by atoms with E-state index in [9.17, 15) is 0 Å². The Morgan fingerprint density at radius 3 is 2.72 bits per heavy atom. The molecule has 0 atom stereocenters. The van der Waals surface area contributed by atoms with Gasteiger partial charge in [-0.25, -0.2) is 0 Å². The van der Waals surface area contributed by atoms with Crippen LogP contribution < -0.4 is 5.32 Å². The molecule has 0 fully saturated rings. The fraction of sp³-hybridized carbons (Fsp3) is 0.538. The van der Waals surface area contributed by atoms with Crippen LogP contribution in [0.2, 0.25) is 0 Å². The molecule has 0 saturated carbocycles. The highest BCUT2D eigenvalue weighted by Gasteiger charge is 2.03. The number of hydrogen-bond donors (Lipinski definition) is 1. The molecule has 0 aromatic carbocycles. The summed E-state index contributed by atoms with van der Waals surface area (Å²) in [5, 5.41) is 11.5. The summed E-state index contributed by atoms with van der Waals surface area (Å²) < 4.78 is 1.88. The number of nitrogens with one attached hydrogen (secondary N) is 1. The molecule has 0 amide bonds. The highest BCUT2D eigenvalue weighted by molar-refractivity contribution is 4.91. The fourth-order valence-electron chi connectivity index (χ4n) is 1.65. The van der Waals surface area contributed by atoms with Gasteiger partial charge < -0.3 is 5.32 Å². The SMILES string of the molecule is C=CCN(CC=C)CCn1cc(CNCC)nn1. The zero-order valence-corrected chi connectivity index (χ0v) is 11.2. The molecule has 0 aliphatic heterocycles. The van der Waals surface area contributed by atoms with Gasteiger partial charge in [0.05, 0.1) is 12.2 Å². The molecule has 0 radical (unpaired) electrons. The second-order valence-electron chi connectivity index (χ2n) is 4.09. The summed E-state index contributed by atoms with van der Waals surface area (Å²) in [5.74, 6) is 0. The predicted octanol–water partition coefficient (Wildman–Crippen LogP) is 1.06.